The summed E-state index contributed by atoms with van der Waals surface area (Å²) < 4.78 is 158. The standard InChI is InChI=1S/C69H58N4O/c1-46-36-60(49-24-18-25-53(41-49)68(2,3)4)67(61(37-46)52-39-50(47-20-10-8-11-21-47)38-51(40-52)48-22-12-9-13-23-48)72-45-71(63-30-16-17-31-64(63)72)55-26-19-27-56(43-55)74-57-32-33-59-58-28-14-15-29-62(58)73(65(59)44-57)66-42-54(34-35-70-66)69(5,6)7/h8-44H,1-7H3/i1D3,8D,9D,10D,11D,12D,13D,20D,21D,22D,23D,38D,39D,40D. The van der Waals surface area contributed by atoms with Gasteiger partial charge in [0.1, 0.15) is 17.3 Å². The molecular weight excluding hydrogens is 901 g/mol. The molecule has 0 N–H and O–H groups in total. The SMILES string of the molecule is [2H]c1c([2H])c([2H])c(-c2c([2H])c(-c3cc(C([2H])([2H])[2H])cc(-c4cccc(C(C)(C)C)c4)c3-[n+]3[c-]n(-c4cccc(Oc5ccc6c7ccccc7n(-c7cc(C(C)(C)C)ccn7)c6c5)c4)c4ccccc43)c([2H])c(-c3c([2H])c([2H])c([2H])c([2H])c3[2H])c2[2H])c([2H])c1[2H]. The highest BCUT2D eigenvalue weighted by Gasteiger charge is 2.24. The molecule has 0 amide bonds. The van der Waals surface area contributed by atoms with E-state index in [0.717, 1.165) is 38.8 Å². The van der Waals surface area contributed by atoms with Gasteiger partial charge < -0.3 is 4.74 Å². The summed E-state index contributed by atoms with van der Waals surface area (Å²) in [5.41, 5.74) is 2.38. The summed E-state index contributed by atoms with van der Waals surface area (Å²) in [5, 5.41) is 2.05. The minimum absolute atomic E-state index is 0.134. The van der Waals surface area contributed by atoms with Gasteiger partial charge >= 0.3 is 0 Å². The number of ether oxygens (including phenoxy) is 1. The van der Waals surface area contributed by atoms with Gasteiger partial charge in [0.15, 0.2) is 0 Å². The number of aryl methyl sites for hydroxylation is 1. The summed E-state index contributed by atoms with van der Waals surface area (Å²) in [6.07, 6.45) is 5.37. The minimum atomic E-state index is -2.88. The van der Waals surface area contributed by atoms with Gasteiger partial charge in [0, 0.05) is 27.1 Å². The lowest BCUT2D eigenvalue weighted by molar-refractivity contribution is -0.571. The molecule has 9 aromatic carbocycles. The molecule has 0 saturated heterocycles. The van der Waals surface area contributed by atoms with Gasteiger partial charge in [-0.2, -0.15) is 0 Å². The van der Waals surface area contributed by atoms with Gasteiger partial charge in [-0.3, -0.25) is 13.7 Å². The summed E-state index contributed by atoms with van der Waals surface area (Å²) in [6, 6.07) is 32.7. The van der Waals surface area contributed by atoms with E-state index in [-0.39, 0.29) is 27.8 Å². The maximum absolute atomic E-state index is 10.3. The molecule has 0 radical (unpaired) electrons. The second kappa shape index (κ2) is 18.4. The maximum atomic E-state index is 10.3. The Morgan fingerprint density at radius 1 is 0.527 bits per heavy atom. The molecule has 0 aliphatic heterocycles. The van der Waals surface area contributed by atoms with Crippen LogP contribution in [0.2, 0.25) is 0 Å². The number of rotatable bonds is 9. The molecule has 0 atom stereocenters. The largest absolute Gasteiger partial charge is 0.458 e. The lowest BCUT2D eigenvalue weighted by Crippen LogP contribution is -2.31. The Bertz CT molecular complexity index is 4840. The topological polar surface area (TPSA) is 35.9 Å². The van der Waals surface area contributed by atoms with Crippen molar-refractivity contribution in [2.24, 2.45) is 0 Å². The molecule has 0 aliphatic rings. The Hall–Kier alpha value is -8.80. The fourth-order valence-corrected chi connectivity index (χ4v) is 9.55. The second-order valence-corrected chi connectivity index (χ2v) is 20.3. The summed E-state index contributed by atoms with van der Waals surface area (Å²) in [4.78, 5) is 4.85. The number of hydrogen-bond donors (Lipinski definition) is 0. The first kappa shape index (κ1) is 31.6. The molecule has 12 aromatic rings. The van der Waals surface area contributed by atoms with Crippen LogP contribution in [-0.4, -0.2) is 14.1 Å². The number of fused-ring (bicyclic) bond motifs is 4. The van der Waals surface area contributed by atoms with Crippen molar-refractivity contribution in [1.29, 1.82) is 0 Å². The average molecular weight is 975 g/mol. The van der Waals surface area contributed by atoms with Crippen molar-refractivity contribution in [2.75, 3.05) is 0 Å². The molecule has 12 rings (SSSR count). The molecule has 0 unspecified atom stereocenters. The summed E-state index contributed by atoms with van der Waals surface area (Å²) in [5.74, 6) is 1.75. The van der Waals surface area contributed by atoms with E-state index in [9.17, 15) is 9.60 Å². The monoisotopic (exact) mass is 975 g/mol. The number of pyridine rings is 1. The summed E-state index contributed by atoms with van der Waals surface area (Å²) in [6.45, 7) is 9.68. The molecule has 3 aromatic heterocycles. The number of aromatic nitrogens is 4. The van der Waals surface area contributed by atoms with Crippen LogP contribution in [0.15, 0.2) is 224 Å². The van der Waals surface area contributed by atoms with E-state index in [1.54, 1.807) is 21.3 Å². The summed E-state index contributed by atoms with van der Waals surface area (Å²) in [7, 11) is 0. The van der Waals surface area contributed by atoms with Crippen LogP contribution in [0.5, 0.6) is 11.5 Å². The van der Waals surface area contributed by atoms with Crippen LogP contribution >= 0.6 is 0 Å². The van der Waals surface area contributed by atoms with Gasteiger partial charge in [-0.15, -0.1) is 0 Å². The van der Waals surface area contributed by atoms with Crippen LogP contribution < -0.4 is 9.30 Å². The Morgan fingerprint density at radius 3 is 1.86 bits per heavy atom. The number of benzene rings is 9. The van der Waals surface area contributed by atoms with Crippen molar-refractivity contribution in [3.63, 3.8) is 0 Å². The first-order chi connectivity index (χ1) is 42.5. The highest BCUT2D eigenvalue weighted by atomic mass is 16.5. The van der Waals surface area contributed by atoms with Crippen molar-refractivity contribution < 1.29 is 31.2 Å². The van der Waals surface area contributed by atoms with Crippen molar-refractivity contribution in [2.45, 2.75) is 59.2 Å². The van der Waals surface area contributed by atoms with Crippen LogP contribution in [0.25, 0.3) is 94.5 Å². The van der Waals surface area contributed by atoms with E-state index >= 15 is 0 Å². The minimum Gasteiger partial charge on any atom is -0.458 e. The highest BCUT2D eigenvalue weighted by molar-refractivity contribution is 6.09. The third-order valence-electron chi connectivity index (χ3n) is 13.3. The third kappa shape index (κ3) is 8.64. The van der Waals surface area contributed by atoms with Crippen LogP contribution in [0.4, 0.5) is 0 Å². The fourth-order valence-electron chi connectivity index (χ4n) is 9.55. The number of nitrogens with zero attached hydrogens (tertiary/aromatic N) is 4. The Balaban J connectivity index is 1.14. The molecule has 0 spiro atoms. The van der Waals surface area contributed by atoms with E-state index in [0.29, 0.717) is 33.8 Å². The molecule has 0 aliphatic carbocycles. The Morgan fingerprint density at radius 2 is 1.15 bits per heavy atom. The number of para-hydroxylation sites is 3. The second-order valence-electron chi connectivity index (χ2n) is 20.3. The molecular formula is C69H58N4O. The van der Waals surface area contributed by atoms with Gasteiger partial charge in [0.05, 0.1) is 51.3 Å². The molecule has 5 heteroatoms. The van der Waals surface area contributed by atoms with Gasteiger partial charge in [-0.1, -0.05) is 192 Å². The van der Waals surface area contributed by atoms with Crippen LogP contribution in [0.3, 0.4) is 0 Å². The van der Waals surface area contributed by atoms with Gasteiger partial charge in [0.2, 0.25) is 0 Å². The molecule has 74 heavy (non-hydrogen) atoms. The third-order valence-corrected chi connectivity index (χ3v) is 13.3. The normalized spacial score (nSPS) is 15.2. The Labute approximate surface area is 456 Å². The Kier molecular flexibility index (Phi) is 7.84. The maximum Gasteiger partial charge on any atom is 0.269 e. The molecule has 360 valence electrons. The zero-order chi connectivity index (χ0) is 64.5. The lowest BCUT2D eigenvalue weighted by Gasteiger charge is -2.22. The predicted octanol–water partition coefficient (Wildman–Crippen LogP) is 17.6. The molecule has 5 nitrogen and oxygen atoms in total. The van der Waals surface area contributed by atoms with Crippen molar-refractivity contribution in [1.82, 2.24) is 14.1 Å². The summed E-state index contributed by atoms with van der Waals surface area (Å²) >= 11 is 0. The molecule has 3 heterocycles. The van der Waals surface area contributed by atoms with Gasteiger partial charge in [0.25, 0.3) is 6.33 Å². The zero-order valence-electron chi connectivity index (χ0n) is 57.6. The van der Waals surface area contributed by atoms with E-state index in [4.69, 9.17) is 22.1 Å². The molecule has 0 bridgehead atoms. The molecule has 0 fully saturated rings. The van der Waals surface area contributed by atoms with E-state index < -0.39 is 119 Å². The lowest BCUT2D eigenvalue weighted by atomic mass is 9.84. The first-order valence-corrected chi connectivity index (χ1v) is 24.3. The number of hydrogen-bond acceptors (Lipinski definition) is 2. The quantitative estimate of drug-likeness (QED) is 0.107. The fraction of sp³-hybridized carbons (Fsp3) is 0.130. The van der Waals surface area contributed by atoms with Crippen LogP contribution in [0.1, 0.15) is 80.2 Å². The van der Waals surface area contributed by atoms with Crippen LogP contribution in [0, 0.1) is 13.2 Å². The van der Waals surface area contributed by atoms with Crippen LogP contribution in [-0.2, 0) is 10.8 Å². The van der Waals surface area contributed by atoms with Gasteiger partial charge in [-0.25, -0.2) is 4.98 Å². The zero-order valence-corrected chi connectivity index (χ0v) is 41.6. The van der Waals surface area contributed by atoms with Crippen molar-refractivity contribution in [3.8, 4) is 73.2 Å². The van der Waals surface area contributed by atoms with E-state index in [2.05, 4.69) is 49.9 Å². The predicted molar refractivity (Wildman–Crippen MR) is 306 cm³/mol. The van der Waals surface area contributed by atoms with Crippen molar-refractivity contribution in [3.05, 3.63) is 247 Å². The first-order valence-electron chi connectivity index (χ1n) is 32.3. The molecule has 0 saturated carbocycles. The van der Waals surface area contributed by atoms with Crippen molar-refractivity contribution >= 4 is 32.8 Å². The smallest absolute Gasteiger partial charge is 0.269 e. The average Bonchev–Trinajstić information content (AvgIpc) is 1.32. The highest BCUT2D eigenvalue weighted by Crippen LogP contribution is 2.41. The van der Waals surface area contributed by atoms with Gasteiger partial charge in [-0.05, 0) is 140 Å². The number of imidazole rings is 1. The van der Waals surface area contributed by atoms with E-state index in [1.807, 2.05) is 124 Å². The van der Waals surface area contributed by atoms with E-state index in [1.165, 1.54) is 12.1 Å².